The Morgan fingerprint density at radius 1 is 0.663 bits per heavy atom. The Labute approximate surface area is 538 Å². The van der Waals surface area contributed by atoms with Crippen LogP contribution in [0.2, 0.25) is 0 Å². The van der Waals surface area contributed by atoms with Gasteiger partial charge in [-0.1, -0.05) is 55.4 Å². The van der Waals surface area contributed by atoms with Crippen molar-refractivity contribution < 1.29 is 101 Å². The van der Waals surface area contributed by atoms with Gasteiger partial charge in [-0.15, -0.1) is 23.2 Å². The molecule has 7 fully saturated rings. The normalized spacial score (nSPS) is 45.5. The fourth-order valence-corrected chi connectivity index (χ4v) is 15.6. The fourth-order valence-electron chi connectivity index (χ4n) is 15.6. The van der Waals surface area contributed by atoms with Crippen molar-refractivity contribution in [3.8, 4) is 0 Å². The zero-order valence-corrected chi connectivity index (χ0v) is 58.4. The summed E-state index contributed by atoms with van der Waals surface area (Å²) in [5, 5.41) is 45.6. The maximum absolute atomic E-state index is 13.7. The number of halogens is 2. The number of carbonyl (C=O) groups excluding carboxylic acids is 5. The summed E-state index contributed by atoms with van der Waals surface area (Å²) in [6, 6.07) is -0.339. The molecule has 23 nitrogen and oxygen atoms in total. The summed E-state index contributed by atoms with van der Waals surface area (Å²) in [4.78, 5) is 67.8. The Hall–Kier alpha value is -2.75. The molecule has 7 heterocycles. The summed E-state index contributed by atoms with van der Waals surface area (Å²) in [5.41, 5.74) is -4.88. The third-order valence-electron chi connectivity index (χ3n) is 20.3. The number of esters is 4. The Morgan fingerprint density at radius 2 is 1.06 bits per heavy atom. The summed E-state index contributed by atoms with van der Waals surface area (Å²) in [7, 11) is 7.67. The van der Waals surface area contributed by atoms with Crippen molar-refractivity contribution in [2.45, 2.75) is 296 Å². The lowest BCUT2D eigenvalue weighted by atomic mass is 9.76. The van der Waals surface area contributed by atoms with Crippen LogP contribution in [0.3, 0.4) is 0 Å². The van der Waals surface area contributed by atoms with Crippen molar-refractivity contribution in [1.29, 1.82) is 0 Å². The van der Waals surface area contributed by atoms with E-state index in [1.807, 2.05) is 100 Å². The van der Waals surface area contributed by atoms with Gasteiger partial charge in [0.1, 0.15) is 23.9 Å². The molecule has 0 spiro atoms. The molecule has 0 aliphatic carbocycles. The second-order valence-corrected chi connectivity index (χ2v) is 28.9. The SMILES string of the molecule is CC[C@@H](O)[C@@](C)(O)[C@@H]1OC(=O)[C@H](C)[C@@H](O)[C@H](C)[C@@H](O[C@@H]2OC(C)CC(N(C)C)C2OC(C)=O)[C@]2(C)CC(C)C(O2)[C@@H]1C.CC[C@H]1OC(=O)O[C@@]1(C)[C@@H]1OC(=O)[C@H](C)[C@@H](O)[C@H](C)[C@@H](O[C@@H]2OC(C)CC(N(C)C)C2OC(C)=O)[C@]2(C)CC(C)C(O2)[C@@H]1C.ClCCl. The molecule has 0 amide bonds. The maximum atomic E-state index is 13.7. The van der Waals surface area contributed by atoms with Gasteiger partial charge in [-0.2, -0.15) is 0 Å². The first kappa shape index (κ1) is 77.0. The topological polar surface area (TPSA) is 284 Å². The molecule has 7 saturated heterocycles. The van der Waals surface area contributed by atoms with E-state index in [4.69, 9.17) is 80.0 Å². The fraction of sp³-hybridized carbons (Fsp3) is 0.922. The molecular formula is C64H110Cl2N2O21. The van der Waals surface area contributed by atoms with Gasteiger partial charge in [0.05, 0.1) is 95.4 Å². The molecule has 7 aliphatic heterocycles. The van der Waals surface area contributed by atoms with Crippen LogP contribution in [-0.2, 0) is 76.0 Å². The molecule has 0 saturated carbocycles. The van der Waals surface area contributed by atoms with Crippen molar-refractivity contribution in [2.75, 3.05) is 33.5 Å². The number of alkyl halides is 2. The molecule has 4 bridgehead atoms. The first-order valence-electron chi connectivity index (χ1n) is 32.0. The van der Waals surface area contributed by atoms with E-state index in [9.17, 15) is 44.4 Å². The van der Waals surface area contributed by atoms with Crippen molar-refractivity contribution in [1.82, 2.24) is 9.80 Å². The molecule has 89 heavy (non-hydrogen) atoms. The van der Waals surface area contributed by atoms with Crippen LogP contribution in [0.25, 0.3) is 0 Å². The lowest BCUT2D eigenvalue weighted by Gasteiger charge is -2.47. The zero-order chi connectivity index (χ0) is 67.5. The number of ether oxygens (including phenoxy) is 12. The van der Waals surface area contributed by atoms with Crippen LogP contribution in [0.15, 0.2) is 0 Å². The number of cyclic esters (lactones) is 4. The predicted octanol–water partition coefficient (Wildman–Crippen LogP) is 7.14. The molecule has 516 valence electrons. The monoisotopic (exact) mass is 1310 g/mol. The van der Waals surface area contributed by atoms with Crippen LogP contribution in [0.5, 0.6) is 0 Å². The lowest BCUT2D eigenvalue weighted by molar-refractivity contribution is -0.303. The molecule has 0 radical (unpaired) electrons. The largest absolute Gasteiger partial charge is 0.509 e. The van der Waals surface area contributed by atoms with Crippen LogP contribution in [0.1, 0.15) is 163 Å². The van der Waals surface area contributed by atoms with E-state index in [1.165, 1.54) is 20.8 Å². The van der Waals surface area contributed by atoms with Crippen molar-refractivity contribution in [3.63, 3.8) is 0 Å². The zero-order valence-electron chi connectivity index (χ0n) is 56.8. The summed E-state index contributed by atoms with van der Waals surface area (Å²) >= 11 is 9.53. The Bertz CT molecular complexity index is 2360. The van der Waals surface area contributed by atoms with Crippen LogP contribution in [-0.4, -0.2) is 226 Å². The van der Waals surface area contributed by atoms with Gasteiger partial charge in [0.2, 0.25) is 0 Å². The summed E-state index contributed by atoms with van der Waals surface area (Å²) in [6.45, 7) is 32.0. The summed E-state index contributed by atoms with van der Waals surface area (Å²) in [5.74, 6) is -6.37. The number of carbonyl (C=O) groups is 5. The van der Waals surface area contributed by atoms with Crippen molar-refractivity contribution in [3.05, 3.63) is 0 Å². The summed E-state index contributed by atoms with van der Waals surface area (Å²) < 4.78 is 74.6. The number of rotatable bonds is 13. The van der Waals surface area contributed by atoms with E-state index < -0.39 is 174 Å². The molecule has 10 unspecified atom stereocenters. The van der Waals surface area contributed by atoms with Crippen molar-refractivity contribution >= 4 is 53.2 Å². The molecule has 25 heteroatoms. The van der Waals surface area contributed by atoms with Crippen LogP contribution in [0, 0.1) is 47.3 Å². The number of likely N-dealkylation sites (N-methyl/N-ethyl adjacent to an activating group) is 2. The predicted molar refractivity (Wildman–Crippen MR) is 328 cm³/mol. The average molecular weight is 1310 g/mol. The number of hydrogen-bond acceptors (Lipinski definition) is 23. The number of aliphatic hydroxyl groups excluding tert-OH is 3. The molecule has 30 atom stereocenters. The average Bonchev–Trinajstić information content (AvgIpc) is 1.65. The molecule has 0 aromatic carbocycles. The Morgan fingerprint density at radius 3 is 1.43 bits per heavy atom. The van der Waals surface area contributed by atoms with Gasteiger partial charge in [-0.05, 0) is 134 Å². The third kappa shape index (κ3) is 17.0. The minimum absolute atomic E-state index is 0.0183. The minimum Gasteiger partial charge on any atom is -0.459 e. The van der Waals surface area contributed by atoms with Crippen LogP contribution in [0.4, 0.5) is 4.79 Å². The Kier molecular flexibility index (Phi) is 27.0. The smallest absolute Gasteiger partial charge is 0.459 e. The second kappa shape index (κ2) is 31.2. The van der Waals surface area contributed by atoms with Crippen LogP contribution >= 0.6 is 23.2 Å². The molecule has 0 aromatic heterocycles. The third-order valence-corrected chi connectivity index (χ3v) is 20.3. The standard InChI is InChI=1S/C32H53NO11.C31H55NO10.CH2Cl2/c1-12-22-32(9,44-30(37)40-22)27-19(6)24-15(2)14-31(8,43-24)26(17(4)23(35)18(5)28(36)41-27)42-29-25(39-20(7)34)21(33(10)11)13-16(3)38-29;1-12-22(34)31(9,37)27-19(6)24-15(2)14-30(8,42-24)26(17(4)23(35)18(5)28(36)40-27)41-29-25(39-20(7)33)21(32(10)11)13-16(3)38-29;2-1-3/h15-19,21-27,29,35H,12-14H2,1-11H3;15-19,21-27,29,34-35,37H,12-14H2,1-11H3;1H2/t15?,16?,17-,18+,19-,21?,22+,23-,24?,25?,26+,27+,29-,31-,32+;15?,16?,17-,18+,19-,21?,22+,23-,24?,25?,26+,27+,29-,30-,31+;/m00./s1. The molecular weight excluding hydrogens is 1200 g/mol. The highest BCUT2D eigenvalue weighted by Gasteiger charge is 2.63. The number of fused-ring (bicyclic) bond motifs is 4. The van der Waals surface area contributed by atoms with E-state index in [1.54, 1.807) is 34.6 Å². The van der Waals surface area contributed by atoms with E-state index in [2.05, 4.69) is 6.92 Å². The highest BCUT2D eigenvalue weighted by atomic mass is 35.5. The van der Waals surface area contributed by atoms with Gasteiger partial charge < -0.3 is 87.1 Å². The summed E-state index contributed by atoms with van der Waals surface area (Å²) in [6.07, 6.45) is -10.00. The first-order chi connectivity index (χ1) is 41.2. The number of nitrogens with zero attached hydrogens (tertiary/aromatic N) is 2. The molecule has 4 N–H and O–H groups in total. The van der Waals surface area contributed by atoms with Crippen LogP contribution < -0.4 is 0 Å². The molecule has 7 aliphatic rings. The van der Waals surface area contributed by atoms with Gasteiger partial charge in [0, 0.05) is 37.5 Å². The van der Waals surface area contributed by atoms with Gasteiger partial charge in [-0.25, -0.2) is 4.79 Å². The number of hydrogen-bond donors (Lipinski definition) is 4. The molecule has 0 aromatic rings. The van der Waals surface area contributed by atoms with Gasteiger partial charge in [0.25, 0.3) is 0 Å². The minimum atomic E-state index is -1.75. The highest BCUT2D eigenvalue weighted by Crippen LogP contribution is 2.51. The van der Waals surface area contributed by atoms with Crippen molar-refractivity contribution in [2.24, 2.45) is 47.3 Å². The second-order valence-electron chi connectivity index (χ2n) is 28.1. The van der Waals surface area contributed by atoms with Gasteiger partial charge in [-0.3, -0.25) is 19.2 Å². The molecule has 7 rings (SSSR count). The Balaban J connectivity index is 0.000000311. The van der Waals surface area contributed by atoms with E-state index in [0.29, 0.717) is 32.1 Å². The van der Waals surface area contributed by atoms with Gasteiger partial charge >= 0.3 is 30.0 Å². The first-order valence-corrected chi connectivity index (χ1v) is 33.1. The van der Waals surface area contributed by atoms with E-state index >= 15 is 0 Å². The van der Waals surface area contributed by atoms with Gasteiger partial charge in [0.15, 0.2) is 30.4 Å². The van der Waals surface area contributed by atoms with E-state index in [0.717, 1.165) is 0 Å². The lowest BCUT2D eigenvalue weighted by Crippen LogP contribution is -2.59. The quantitative estimate of drug-likeness (QED) is 0.0809. The highest BCUT2D eigenvalue weighted by molar-refractivity contribution is 6.40. The number of aliphatic hydroxyl groups is 4. The maximum Gasteiger partial charge on any atom is 0.509 e. The van der Waals surface area contributed by atoms with E-state index in [-0.39, 0.29) is 47.9 Å².